The first kappa shape index (κ1) is 15.0. The maximum Gasteiger partial charge on any atom is 0.273 e. The van der Waals surface area contributed by atoms with Crippen LogP contribution >= 0.6 is 23.2 Å². The van der Waals surface area contributed by atoms with Crippen molar-refractivity contribution in [1.29, 1.82) is 0 Å². The first-order valence-corrected chi connectivity index (χ1v) is 7.28. The normalized spacial score (nSPS) is 13.6. The average Bonchev–Trinajstić information content (AvgIpc) is 2.76. The van der Waals surface area contributed by atoms with Crippen molar-refractivity contribution in [2.24, 2.45) is 0 Å². The second-order valence-electron chi connectivity index (χ2n) is 4.83. The number of halogens is 2. The lowest BCUT2D eigenvalue weighted by molar-refractivity contribution is 0.0741. The summed E-state index contributed by atoms with van der Waals surface area (Å²) in [5.41, 5.74) is 7.77. The molecule has 0 spiro atoms. The van der Waals surface area contributed by atoms with Crippen LogP contribution in [-0.2, 0) is 6.54 Å². The Morgan fingerprint density at radius 3 is 2.68 bits per heavy atom. The summed E-state index contributed by atoms with van der Waals surface area (Å²) in [6.45, 7) is 0.409. The van der Waals surface area contributed by atoms with Crippen LogP contribution in [-0.4, -0.2) is 39.0 Å². The number of anilines is 1. The van der Waals surface area contributed by atoms with Crippen LogP contribution < -0.4 is 5.73 Å². The summed E-state index contributed by atoms with van der Waals surface area (Å²) in [6, 6.07) is 5.02. The number of hydrogen-bond acceptors (Lipinski definition) is 5. The number of nitrogen functional groups attached to an aromatic ring is 1. The van der Waals surface area contributed by atoms with Gasteiger partial charge in [-0.3, -0.25) is 4.79 Å². The highest BCUT2D eigenvalue weighted by Crippen LogP contribution is 2.35. The minimum atomic E-state index is -0.274. The Labute approximate surface area is 136 Å². The molecule has 0 unspecified atom stereocenters. The molecule has 3 rings (SSSR count). The third kappa shape index (κ3) is 2.49. The second kappa shape index (κ2) is 5.72. The van der Waals surface area contributed by atoms with E-state index >= 15 is 0 Å². The van der Waals surface area contributed by atoms with Gasteiger partial charge >= 0.3 is 0 Å². The first-order chi connectivity index (χ1) is 10.5. The molecular formula is C14H12Cl2N4O2. The summed E-state index contributed by atoms with van der Waals surface area (Å²) < 4.78 is 0. The van der Waals surface area contributed by atoms with Crippen LogP contribution in [0.2, 0.25) is 10.0 Å². The van der Waals surface area contributed by atoms with Gasteiger partial charge in [0.05, 0.1) is 23.9 Å². The van der Waals surface area contributed by atoms with Crippen molar-refractivity contribution < 1.29 is 9.90 Å². The van der Waals surface area contributed by atoms with Crippen molar-refractivity contribution in [3.63, 3.8) is 0 Å². The molecule has 1 aromatic heterocycles. The van der Waals surface area contributed by atoms with Gasteiger partial charge in [0.15, 0.2) is 0 Å². The van der Waals surface area contributed by atoms with E-state index in [1.807, 2.05) is 0 Å². The van der Waals surface area contributed by atoms with Gasteiger partial charge in [-0.1, -0.05) is 23.2 Å². The van der Waals surface area contributed by atoms with Crippen LogP contribution in [0.5, 0.6) is 0 Å². The molecular weight excluding hydrogens is 327 g/mol. The summed E-state index contributed by atoms with van der Waals surface area (Å²) >= 11 is 12.1. The van der Waals surface area contributed by atoms with Gasteiger partial charge in [-0.05, 0) is 18.2 Å². The fourth-order valence-corrected chi connectivity index (χ4v) is 2.94. The number of rotatable bonds is 3. The molecule has 2 aromatic rings. The van der Waals surface area contributed by atoms with Crippen LogP contribution in [0.15, 0.2) is 18.2 Å². The number of amides is 1. The van der Waals surface area contributed by atoms with Crippen molar-refractivity contribution in [2.45, 2.75) is 6.54 Å². The van der Waals surface area contributed by atoms with E-state index in [2.05, 4.69) is 9.97 Å². The third-order valence-electron chi connectivity index (χ3n) is 3.42. The van der Waals surface area contributed by atoms with Gasteiger partial charge in [0.25, 0.3) is 5.91 Å². The number of carbonyl (C=O) groups excluding carboxylic acids is 1. The van der Waals surface area contributed by atoms with E-state index in [9.17, 15) is 4.79 Å². The lowest BCUT2D eigenvalue weighted by Crippen LogP contribution is -2.27. The summed E-state index contributed by atoms with van der Waals surface area (Å²) in [5, 5.41) is 9.97. The largest absolute Gasteiger partial charge is 0.395 e. The summed E-state index contributed by atoms with van der Waals surface area (Å²) in [5.74, 6) is -0.275. The zero-order valence-electron chi connectivity index (χ0n) is 11.4. The first-order valence-electron chi connectivity index (χ1n) is 6.53. The quantitative estimate of drug-likeness (QED) is 0.892. The molecule has 0 radical (unpaired) electrons. The highest BCUT2D eigenvalue weighted by atomic mass is 35.5. The molecule has 114 valence electrons. The monoisotopic (exact) mass is 338 g/mol. The molecule has 1 aliphatic heterocycles. The van der Waals surface area contributed by atoms with E-state index in [0.29, 0.717) is 33.4 Å². The van der Waals surface area contributed by atoms with Crippen molar-refractivity contribution in [3.05, 3.63) is 39.5 Å². The molecule has 1 amide bonds. The summed E-state index contributed by atoms with van der Waals surface area (Å²) in [7, 11) is 0. The number of fused-ring (bicyclic) bond motifs is 1. The molecule has 22 heavy (non-hydrogen) atoms. The lowest BCUT2D eigenvalue weighted by atomic mass is 10.1. The van der Waals surface area contributed by atoms with Crippen molar-refractivity contribution in [3.8, 4) is 11.3 Å². The average molecular weight is 339 g/mol. The number of nitrogens with two attached hydrogens (primary N) is 1. The number of carbonyl (C=O) groups is 1. The fourth-order valence-electron chi connectivity index (χ4n) is 2.45. The van der Waals surface area contributed by atoms with Gasteiger partial charge in [0, 0.05) is 22.7 Å². The Kier molecular flexibility index (Phi) is 3.90. The van der Waals surface area contributed by atoms with Crippen LogP contribution in [0.1, 0.15) is 16.1 Å². The topological polar surface area (TPSA) is 92.3 Å². The molecule has 0 fully saturated rings. The number of aromatic nitrogens is 2. The number of β-amino-alcohol motifs (C(OH)–C–C–N with tert-alkyl or cyclic N) is 1. The van der Waals surface area contributed by atoms with Crippen LogP contribution in [0, 0.1) is 0 Å². The maximum atomic E-state index is 12.3. The Balaban J connectivity index is 2.15. The molecule has 0 bridgehead atoms. The highest BCUT2D eigenvalue weighted by molar-refractivity contribution is 6.36. The predicted octanol–water partition coefficient (Wildman–Crippen LogP) is 1.98. The van der Waals surface area contributed by atoms with Gasteiger partial charge in [-0.15, -0.1) is 0 Å². The lowest BCUT2D eigenvalue weighted by Gasteiger charge is -2.13. The molecule has 0 aliphatic carbocycles. The summed E-state index contributed by atoms with van der Waals surface area (Å²) in [4.78, 5) is 22.0. The molecule has 2 heterocycles. The van der Waals surface area contributed by atoms with Crippen LogP contribution in [0.3, 0.4) is 0 Å². The van der Waals surface area contributed by atoms with E-state index < -0.39 is 0 Å². The number of nitrogens with zero attached hydrogens (tertiary/aromatic N) is 3. The fraction of sp³-hybridized carbons (Fsp3) is 0.214. The zero-order valence-corrected chi connectivity index (χ0v) is 12.9. The number of hydrogen-bond donors (Lipinski definition) is 2. The minimum Gasteiger partial charge on any atom is -0.395 e. The molecule has 8 heteroatoms. The number of benzene rings is 1. The minimum absolute atomic E-state index is 0.000958. The van der Waals surface area contributed by atoms with Gasteiger partial charge in [-0.2, -0.15) is 0 Å². The molecule has 6 nitrogen and oxygen atoms in total. The smallest absolute Gasteiger partial charge is 0.273 e. The molecule has 1 aromatic carbocycles. The Hall–Kier alpha value is -1.89. The van der Waals surface area contributed by atoms with Gasteiger partial charge in [0.1, 0.15) is 5.69 Å². The van der Waals surface area contributed by atoms with Gasteiger partial charge in [-0.25, -0.2) is 9.97 Å². The molecule has 3 N–H and O–H groups in total. The van der Waals surface area contributed by atoms with Gasteiger partial charge < -0.3 is 15.7 Å². The Bertz CT molecular complexity index is 767. The number of aliphatic hydroxyl groups excluding tert-OH is 1. The van der Waals surface area contributed by atoms with Crippen molar-refractivity contribution >= 4 is 35.1 Å². The van der Waals surface area contributed by atoms with E-state index in [1.54, 1.807) is 18.2 Å². The SMILES string of the molecule is Nc1nc2c(c(-c3ccc(Cl)cc3Cl)n1)CN(CCO)C2=O. The summed E-state index contributed by atoms with van der Waals surface area (Å²) in [6.07, 6.45) is 0. The van der Waals surface area contributed by atoms with E-state index in [4.69, 9.17) is 34.0 Å². The van der Waals surface area contributed by atoms with Crippen LogP contribution in [0.25, 0.3) is 11.3 Å². The van der Waals surface area contributed by atoms with Crippen LogP contribution in [0.4, 0.5) is 5.95 Å². The third-order valence-corrected chi connectivity index (χ3v) is 3.97. The predicted molar refractivity (Wildman–Crippen MR) is 83.7 cm³/mol. The Morgan fingerprint density at radius 1 is 1.27 bits per heavy atom. The zero-order chi connectivity index (χ0) is 15.9. The van der Waals surface area contributed by atoms with Gasteiger partial charge in [0.2, 0.25) is 5.95 Å². The van der Waals surface area contributed by atoms with E-state index in [0.717, 1.165) is 0 Å². The van der Waals surface area contributed by atoms with E-state index in [1.165, 1.54) is 4.90 Å². The maximum absolute atomic E-state index is 12.3. The molecule has 0 saturated heterocycles. The molecule has 0 saturated carbocycles. The molecule has 0 atom stereocenters. The molecule has 1 aliphatic rings. The van der Waals surface area contributed by atoms with E-state index in [-0.39, 0.29) is 30.7 Å². The highest BCUT2D eigenvalue weighted by Gasteiger charge is 2.32. The number of aliphatic hydroxyl groups is 1. The Morgan fingerprint density at radius 2 is 2.00 bits per heavy atom. The standard InChI is InChI=1S/C14H12Cl2N4O2/c15-7-1-2-8(10(16)5-7)11-9-6-20(3-4-21)13(22)12(9)19-14(17)18-11/h1-2,5,21H,3-4,6H2,(H2,17,18,19). The second-order valence-corrected chi connectivity index (χ2v) is 5.68. The van der Waals surface area contributed by atoms with Crippen molar-refractivity contribution in [1.82, 2.24) is 14.9 Å². The van der Waals surface area contributed by atoms with Crippen molar-refractivity contribution in [2.75, 3.05) is 18.9 Å².